The summed E-state index contributed by atoms with van der Waals surface area (Å²) in [6.07, 6.45) is 4.88. The highest BCUT2D eigenvalue weighted by molar-refractivity contribution is 5.10. The number of piperazine rings is 1. The number of likely N-dealkylation sites (N-methyl/N-ethyl adjacent to an activating group) is 2. The number of hydrogen-bond acceptors (Lipinski definition) is 4. The van der Waals surface area contributed by atoms with Gasteiger partial charge < -0.3 is 15.5 Å². The van der Waals surface area contributed by atoms with Crippen LogP contribution >= 0.6 is 0 Å². The Morgan fingerprint density at radius 3 is 2.82 bits per heavy atom. The Morgan fingerprint density at radius 2 is 2.18 bits per heavy atom. The fourth-order valence-electron chi connectivity index (χ4n) is 2.42. The molecular weight excluding hydrogens is 214 g/mol. The van der Waals surface area contributed by atoms with E-state index in [9.17, 15) is 0 Å². The topological polar surface area (TPSA) is 50.3 Å². The first-order valence-corrected chi connectivity index (χ1v) is 6.19. The Morgan fingerprint density at radius 1 is 1.41 bits per heavy atom. The van der Waals surface area contributed by atoms with Crippen LogP contribution in [0.15, 0.2) is 12.4 Å². The molecule has 5 heteroatoms. The van der Waals surface area contributed by atoms with Gasteiger partial charge in [0.2, 0.25) is 0 Å². The fourth-order valence-corrected chi connectivity index (χ4v) is 2.42. The van der Waals surface area contributed by atoms with Gasteiger partial charge >= 0.3 is 0 Å². The molecule has 0 saturated carbocycles. The van der Waals surface area contributed by atoms with Crippen LogP contribution in [0.4, 0.5) is 0 Å². The van der Waals surface area contributed by atoms with Gasteiger partial charge in [-0.25, -0.2) is 0 Å². The van der Waals surface area contributed by atoms with Crippen LogP contribution in [0, 0.1) is 0 Å². The zero-order valence-corrected chi connectivity index (χ0v) is 11.0. The molecule has 2 N–H and O–H groups in total. The van der Waals surface area contributed by atoms with Crippen molar-refractivity contribution in [3.05, 3.63) is 18.0 Å². The summed E-state index contributed by atoms with van der Waals surface area (Å²) in [5.41, 5.74) is 7.38. The van der Waals surface area contributed by atoms with E-state index in [2.05, 4.69) is 29.0 Å². The van der Waals surface area contributed by atoms with Crippen molar-refractivity contribution < 1.29 is 0 Å². The summed E-state index contributed by atoms with van der Waals surface area (Å²) >= 11 is 0. The number of aromatic nitrogens is 2. The van der Waals surface area contributed by atoms with Crippen molar-refractivity contribution in [1.82, 2.24) is 19.6 Å². The van der Waals surface area contributed by atoms with Gasteiger partial charge in [-0.05, 0) is 20.5 Å². The van der Waals surface area contributed by atoms with Crippen LogP contribution in [0.2, 0.25) is 0 Å². The zero-order chi connectivity index (χ0) is 12.4. The summed E-state index contributed by atoms with van der Waals surface area (Å²) in [5, 5.41) is 4.18. The molecule has 0 bridgehead atoms. The lowest BCUT2D eigenvalue weighted by molar-refractivity contribution is 0.104. The molecule has 2 unspecified atom stereocenters. The van der Waals surface area contributed by atoms with Gasteiger partial charge in [-0.1, -0.05) is 0 Å². The molecule has 1 aliphatic heterocycles. The lowest BCUT2D eigenvalue weighted by Gasteiger charge is -2.38. The maximum atomic E-state index is 6.25. The molecule has 0 amide bonds. The smallest absolute Gasteiger partial charge is 0.0537 e. The van der Waals surface area contributed by atoms with E-state index in [1.807, 2.05) is 24.1 Å². The van der Waals surface area contributed by atoms with Gasteiger partial charge in [0.25, 0.3) is 0 Å². The van der Waals surface area contributed by atoms with Gasteiger partial charge in [-0.3, -0.25) is 4.68 Å². The van der Waals surface area contributed by atoms with Crippen molar-refractivity contribution >= 4 is 0 Å². The summed E-state index contributed by atoms with van der Waals surface area (Å²) in [5.74, 6) is 0. The second kappa shape index (κ2) is 5.16. The summed E-state index contributed by atoms with van der Waals surface area (Å²) in [7, 11) is 6.29. The van der Waals surface area contributed by atoms with E-state index in [0.717, 1.165) is 31.6 Å². The minimum atomic E-state index is 0.0858. The average molecular weight is 237 g/mol. The second-order valence-electron chi connectivity index (χ2n) is 5.19. The molecule has 0 aliphatic carbocycles. The maximum Gasteiger partial charge on any atom is 0.0537 e. The van der Waals surface area contributed by atoms with Crippen molar-refractivity contribution in [3.63, 3.8) is 0 Å². The monoisotopic (exact) mass is 237 g/mol. The highest BCUT2D eigenvalue weighted by Gasteiger charge is 2.24. The Kier molecular flexibility index (Phi) is 3.81. The van der Waals surface area contributed by atoms with Crippen molar-refractivity contribution in [2.45, 2.75) is 18.5 Å². The number of rotatable bonds is 3. The second-order valence-corrected chi connectivity index (χ2v) is 5.19. The first kappa shape index (κ1) is 12.5. The molecule has 1 saturated heterocycles. The summed E-state index contributed by atoms with van der Waals surface area (Å²) in [4.78, 5) is 4.79. The first-order chi connectivity index (χ1) is 8.06. The van der Waals surface area contributed by atoms with Crippen LogP contribution in [0.3, 0.4) is 0 Å². The minimum absolute atomic E-state index is 0.0858. The molecular formula is C12H23N5. The first-order valence-electron chi connectivity index (χ1n) is 6.19. The SMILES string of the molecule is CN1CCN(C)C(CC(N)c2cnn(C)c2)C1. The van der Waals surface area contributed by atoms with Crippen LogP contribution in [0.1, 0.15) is 18.0 Å². The third kappa shape index (κ3) is 3.06. The molecule has 17 heavy (non-hydrogen) atoms. The third-order valence-corrected chi connectivity index (χ3v) is 3.66. The van der Waals surface area contributed by atoms with Crippen molar-refractivity contribution in [1.29, 1.82) is 0 Å². The van der Waals surface area contributed by atoms with Crippen LogP contribution in [0.5, 0.6) is 0 Å². The Labute approximate surface area is 103 Å². The van der Waals surface area contributed by atoms with Gasteiger partial charge in [0.05, 0.1) is 6.20 Å². The van der Waals surface area contributed by atoms with Gasteiger partial charge in [-0.2, -0.15) is 5.10 Å². The van der Waals surface area contributed by atoms with E-state index in [-0.39, 0.29) is 6.04 Å². The van der Waals surface area contributed by atoms with E-state index in [0.29, 0.717) is 6.04 Å². The summed E-state index contributed by atoms with van der Waals surface area (Å²) in [6, 6.07) is 0.631. The van der Waals surface area contributed by atoms with Crippen LogP contribution in [0.25, 0.3) is 0 Å². The number of nitrogens with zero attached hydrogens (tertiary/aromatic N) is 4. The molecule has 1 aromatic heterocycles. The Hall–Kier alpha value is -0.910. The Balaban J connectivity index is 1.95. The summed E-state index contributed by atoms with van der Waals surface area (Å²) < 4.78 is 1.81. The Bertz CT molecular complexity index is 362. The molecule has 0 spiro atoms. The van der Waals surface area contributed by atoms with E-state index in [4.69, 9.17) is 5.73 Å². The number of nitrogens with two attached hydrogens (primary N) is 1. The predicted octanol–water partition coefficient (Wildman–Crippen LogP) is 0.0558. The number of hydrogen-bond donors (Lipinski definition) is 1. The predicted molar refractivity (Wildman–Crippen MR) is 68.7 cm³/mol. The molecule has 2 rings (SSSR count). The molecule has 0 radical (unpaired) electrons. The van der Waals surface area contributed by atoms with Crippen LogP contribution in [-0.4, -0.2) is 59.4 Å². The largest absolute Gasteiger partial charge is 0.324 e. The molecule has 5 nitrogen and oxygen atoms in total. The molecule has 2 heterocycles. The maximum absolute atomic E-state index is 6.25. The van der Waals surface area contributed by atoms with Crippen molar-refractivity contribution in [2.24, 2.45) is 12.8 Å². The highest BCUT2D eigenvalue weighted by atomic mass is 15.3. The molecule has 1 fully saturated rings. The van der Waals surface area contributed by atoms with Gasteiger partial charge in [0.15, 0.2) is 0 Å². The van der Waals surface area contributed by atoms with Crippen molar-refractivity contribution in [2.75, 3.05) is 33.7 Å². The molecule has 2 atom stereocenters. The molecule has 1 aromatic rings. The van der Waals surface area contributed by atoms with Gasteiger partial charge in [-0.15, -0.1) is 0 Å². The van der Waals surface area contributed by atoms with E-state index >= 15 is 0 Å². The van der Waals surface area contributed by atoms with Crippen molar-refractivity contribution in [3.8, 4) is 0 Å². The normalized spacial score (nSPS) is 25.1. The van der Waals surface area contributed by atoms with E-state index in [1.165, 1.54) is 0 Å². The number of aryl methyl sites for hydroxylation is 1. The third-order valence-electron chi connectivity index (χ3n) is 3.66. The highest BCUT2D eigenvalue weighted by Crippen LogP contribution is 2.19. The fraction of sp³-hybridized carbons (Fsp3) is 0.750. The minimum Gasteiger partial charge on any atom is -0.324 e. The van der Waals surface area contributed by atoms with E-state index < -0.39 is 0 Å². The molecule has 0 aromatic carbocycles. The van der Waals surface area contributed by atoms with Gasteiger partial charge in [0.1, 0.15) is 0 Å². The zero-order valence-electron chi connectivity index (χ0n) is 11.0. The molecule has 1 aliphatic rings. The van der Waals surface area contributed by atoms with E-state index in [1.54, 1.807) is 0 Å². The van der Waals surface area contributed by atoms with Crippen LogP contribution < -0.4 is 5.73 Å². The summed E-state index contributed by atoms with van der Waals surface area (Å²) in [6.45, 7) is 3.38. The standard InChI is InChI=1S/C12H23N5/c1-15-4-5-16(2)11(9-15)6-12(13)10-7-14-17(3)8-10/h7-8,11-12H,4-6,9,13H2,1-3H3. The quantitative estimate of drug-likeness (QED) is 0.807. The van der Waals surface area contributed by atoms with Crippen LogP contribution in [-0.2, 0) is 7.05 Å². The lowest BCUT2D eigenvalue weighted by atomic mass is 10.0. The van der Waals surface area contributed by atoms with Gasteiger partial charge in [0, 0.05) is 50.5 Å². The molecule has 96 valence electrons. The lowest BCUT2D eigenvalue weighted by Crippen LogP contribution is -2.50. The average Bonchev–Trinajstić information content (AvgIpc) is 2.70.